The lowest BCUT2D eigenvalue weighted by atomic mass is 9.88. The number of ether oxygens (including phenoxy) is 1. The zero-order valence-corrected chi connectivity index (χ0v) is 12.2. The van der Waals surface area contributed by atoms with Gasteiger partial charge in [0.15, 0.2) is 0 Å². The summed E-state index contributed by atoms with van der Waals surface area (Å²) in [4.78, 5) is 15.4. The predicted octanol–water partition coefficient (Wildman–Crippen LogP) is 2.70. The largest absolute Gasteiger partial charge is 0.478 e. The summed E-state index contributed by atoms with van der Waals surface area (Å²) < 4.78 is 32.0. The van der Waals surface area contributed by atoms with E-state index in [1.165, 1.54) is 6.07 Å². The molecule has 1 aromatic rings. The Morgan fingerprint density at radius 1 is 1.50 bits per heavy atom. The molecule has 1 aliphatic heterocycles. The molecule has 0 aromatic carbocycles. The number of anilines is 1. The number of halogens is 2. The highest BCUT2D eigenvalue weighted by atomic mass is 19.3. The second-order valence-electron chi connectivity index (χ2n) is 6.32. The molecule has 1 aromatic heterocycles. The van der Waals surface area contributed by atoms with Crippen LogP contribution in [-0.2, 0) is 4.74 Å². The summed E-state index contributed by atoms with van der Waals surface area (Å²) in [7, 11) is 0. The summed E-state index contributed by atoms with van der Waals surface area (Å²) >= 11 is 0. The molecule has 5 nitrogen and oxygen atoms in total. The first kappa shape index (κ1) is 15.1. The third kappa shape index (κ3) is 2.43. The highest BCUT2D eigenvalue weighted by Crippen LogP contribution is 2.55. The molecular formula is C15H18F2N2O3. The number of hydrogen-bond acceptors (Lipinski definition) is 4. The Morgan fingerprint density at radius 2 is 2.27 bits per heavy atom. The van der Waals surface area contributed by atoms with E-state index in [0.717, 1.165) is 0 Å². The second-order valence-corrected chi connectivity index (χ2v) is 6.32. The van der Waals surface area contributed by atoms with Crippen molar-refractivity contribution in [2.24, 2.45) is 5.41 Å². The topological polar surface area (TPSA) is 71.5 Å². The molecule has 3 rings (SSSR count). The first-order chi connectivity index (χ1) is 10.4. The fraction of sp³-hybridized carbons (Fsp3) is 0.600. The third-order valence-corrected chi connectivity index (χ3v) is 4.72. The third-order valence-electron chi connectivity index (χ3n) is 4.72. The number of aromatic nitrogens is 1. The molecule has 120 valence electrons. The molecule has 0 radical (unpaired) electrons. The van der Waals surface area contributed by atoms with Crippen molar-refractivity contribution in [3.8, 4) is 0 Å². The number of aryl methyl sites for hydroxylation is 1. The van der Waals surface area contributed by atoms with E-state index in [-0.39, 0.29) is 24.5 Å². The molecule has 2 heterocycles. The fourth-order valence-electron chi connectivity index (χ4n) is 3.40. The lowest BCUT2D eigenvalue weighted by Crippen LogP contribution is -2.35. The van der Waals surface area contributed by atoms with E-state index in [9.17, 15) is 18.7 Å². The number of pyridine rings is 1. The number of nitrogens with zero attached hydrogens (tertiary/aromatic N) is 1. The van der Waals surface area contributed by atoms with E-state index >= 15 is 0 Å². The summed E-state index contributed by atoms with van der Waals surface area (Å²) in [6, 6.07) is 3.11. The zero-order chi connectivity index (χ0) is 16.0. The van der Waals surface area contributed by atoms with Gasteiger partial charge in [-0.25, -0.2) is 18.6 Å². The zero-order valence-electron chi connectivity index (χ0n) is 12.2. The molecule has 2 bridgehead atoms. The summed E-state index contributed by atoms with van der Waals surface area (Å²) in [5, 5.41) is 12.2. The normalized spacial score (nSPS) is 30.0. The number of alkyl halides is 2. The number of aromatic carboxylic acids is 1. The molecule has 2 fully saturated rings. The molecular weight excluding hydrogens is 294 g/mol. The van der Waals surface area contributed by atoms with Crippen molar-refractivity contribution in [1.82, 2.24) is 4.98 Å². The minimum Gasteiger partial charge on any atom is -0.478 e. The van der Waals surface area contributed by atoms with Crippen molar-refractivity contribution < 1.29 is 23.4 Å². The average molecular weight is 312 g/mol. The van der Waals surface area contributed by atoms with E-state index in [2.05, 4.69) is 10.3 Å². The number of carbonyl (C=O) groups is 1. The van der Waals surface area contributed by atoms with E-state index < -0.39 is 23.4 Å². The Kier molecular flexibility index (Phi) is 3.55. The smallest absolute Gasteiger partial charge is 0.339 e. The second kappa shape index (κ2) is 5.15. The standard InChI is InChI=1S/C15H18F2N2O3/c1-9-2-3-10(12(20)21)11(19-9)18-7-15-5-4-14(6-15,8-22-15)13(16)17/h2-3,13H,4-8H2,1H3,(H,18,19)(H,20,21). The number of hydrogen-bond donors (Lipinski definition) is 2. The van der Waals surface area contributed by atoms with Crippen LogP contribution in [0.1, 0.15) is 35.3 Å². The molecule has 1 aliphatic carbocycles. The number of carboxylic acids is 1. The fourth-order valence-corrected chi connectivity index (χ4v) is 3.40. The van der Waals surface area contributed by atoms with Gasteiger partial charge in [-0.1, -0.05) is 0 Å². The molecule has 7 heteroatoms. The van der Waals surface area contributed by atoms with Gasteiger partial charge >= 0.3 is 5.97 Å². The van der Waals surface area contributed by atoms with Crippen LogP contribution in [0.4, 0.5) is 14.6 Å². The Hall–Kier alpha value is -1.76. The number of carboxylic acid groups (broad SMARTS) is 1. The Balaban J connectivity index is 1.74. The molecule has 2 aliphatic rings. The van der Waals surface area contributed by atoms with Crippen LogP contribution < -0.4 is 5.32 Å². The molecule has 22 heavy (non-hydrogen) atoms. The van der Waals surface area contributed by atoms with Crippen LogP contribution in [0.15, 0.2) is 12.1 Å². The van der Waals surface area contributed by atoms with Crippen molar-refractivity contribution >= 4 is 11.8 Å². The summed E-state index contributed by atoms with van der Waals surface area (Å²) in [6.07, 6.45) is -1.08. The van der Waals surface area contributed by atoms with Gasteiger partial charge in [-0.15, -0.1) is 0 Å². The molecule has 1 saturated carbocycles. The van der Waals surface area contributed by atoms with E-state index in [1.54, 1.807) is 13.0 Å². The van der Waals surface area contributed by atoms with Crippen molar-refractivity contribution in [3.63, 3.8) is 0 Å². The van der Waals surface area contributed by atoms with Crippen molar-refractivity contribution in [3.05, 3.63) is 23.4 Å². The maximum absolute atomic E-state index is 13.2. The Labute approximate surface area is 126 Å². The van der Waals surface area contributed by atoms with E-state index in [4.69, 9.17) is 4.74 Å². The summed E-state index contributed by atoms with van der Waals surface area (Å²) in [5.74, 6) is -0.819. The van der Waals surface area contributed by atoms with Crippen LogP contribution >= 0.6 is 0 Å². The van der Waals surface area contributed by atoms with Gasteiger partial charge in [0.05, 0.1) is 17.6 Å². The minimum absolute atomic E-state index is 0.0677. The molecule has 2 N–H and O–H groups in total. The van der Waals surface area contributed by atoms with Gasteiger partial charge in [0.1, 0.15) is 11.4 Å². The molecule has 0 spiro atoms. The van der Waals surface area contributed by atoms with Gasteiger partial charge < -0.3 is 15.2 Å². The SMILES string of the molecule is Cc1ccc(C(=O)O)c(NCC23CCC(C(F)F)(CO2)C3)n1. The lowest BCUT2D eigenvalue weighted by Gasteiger charge is -2.28. The van der Waals surface area contributed by atoms with Crippen LogP contribution in [-0.4, -0.2) is 41.2 Å². The van der Waals surface area contributed by atoms with Gasteiger partial charge in [0.2, 0.25) is 6.43 Å². The summed E-state index contributed by atoms with van der Waals surface area (Å²) in [6.45, 7) is 2.12. The number of nitrogens with one attached hydrogen (secondary N) is 1. The van der Waals surface area contributed by atoms with Crippen LogP contribution in [0.3, 0.4) is 0 Å². The van der Waals surface area contributed by atoms with Gasteiger partial charge in [0, 0.05) is 12.2 Å². The van der Waals surface area contributed by atoms with Crippen LogP contribution in [0.2, 0.25) is 0 Å². The number of fused-ring (bicyclic) bond motifs is 2. The maximum Gasteiger partial charge on any atom is 0.339 e. The first-order valence-corrected chi connectivity index (χ1v) is 7.23. The van der Waals surface area contributed by atoms with Crippen molar-refractivity contribution in [2.75, 3.05) is 18.5 Å². The van der Waals surface area contributed by atoms with Crippen molar-refractivity contribution in [2.45, 2.75) is 38.2 Å². The van der Waals surface area contributed by atoms with E-state index in [1.807, 2.05) is 0 Å². The van der Waals surface area contributed by atoms with Gasteiger partial charge in [0.25, 0.3) is 0 Å². The molecule has 2 atom stereocenters. The Bertz CT molecular complexity index is 598. The van der Waals surface area contributed by atoms with E-state index in [0.29, 0.717) is 25.0 Å². The number of rotatable bonds is 5. The lowest BCUT2D eigenvalue weighted by molar-refractivity contribution is -0.0606. The van der Waals surface area contributed by atoms with Crippen LogP contribution in [0.25, 0.3) is 0 Å². The van der Waals surface area contributed by atoms with Crippen molar-refractivity contribution in [1.29, 1.82) is 0 Å². The van der Waals surface area contributed by atoms with Crippen LogP contribution in [0.5, 0.6) is 0 Å². The summed E-state index contributed by atoms with van der Waals surface area (Å²) in [5.41, 5.74) is -0.918. The van der Waals surface area contributed by atoms with Crippen LogP contribution in [0, 0.1) is 12.3 Å². The molecule has 0 amide bonds. The van der Waals surface area contributed by atoms with Gasteiger partial charge in [-0.05, 0) is 38.3 Å². The van der Waals surface area contributed by atoms with Gasteiger partial charge in [-0.2, -0.15) is 0 Å². The first-order valence-electron chi connectivity index (χ1n) is 7.23. The molecule has 1 saturated heterocycles. The monoisotopic (exact) mass is 312 g/mol. The Morgan fingerprint density at radius 3 is 2.82 bits per heavy atom. The maximum atomic E-state index is 13.2. The predicted molar refractivity (Wildman–Crippen MR) is 75.4 cm³/mol. The molecule has 2 unspecified atom stereocenters. The average Bonchev–Trinajstić information content (AvgIpc) is 3.03. The highest BCUT2D eigenvalue weighted by molar-refractivity contribution is 5.93. The van der Waals surface area contributed by atoms with Gasteiger partial charge in [-0.3, -0.25) is 0 Å². The highest BCUT2D eigenvalue weighted by Gasteiger charge is 2.59. The minimum atomic E-state index is -2.39. The quantitative estimate of drug-likeness (QED) is 0.874.